The number of Topliss-reactive ketones (excluding diaryl/α,β-unsaturated/α-hetero) is 1. The lowest BCUT2D eigenvalue weighted by molar-refractivity contribution is 0.101. The molecule has 0 fully saturated rings. The molecular weight excluding hydrogens is 234 g/mol. The molecule has 88 valence electrons. The maximum atomic E-state index is 11.6. The maximum Gasteiger partial charge on any atom is 0.161 e. The first-order valence-corrected chi connectivity index (χ1v) is 5.97. The number of halogens is 1. The van der Waals surface area contributed by atoms with E-state index >= 15 is 0 Å². The van der Waals surface area contributed by atoms with Crippen molar-refractivity contribution in [1.82, 2.24) is 4.98 Å². The van der Waals surface area contributed by atoms with Crippen LogP contribution >= 0.6 is 11.6 Å². The van der Waals surface area contributed by atoms with Crippen LogP contribution in [0.4, 0.5) is 0 Å². The number of carbonyl (C=O) groups is 1. The molecule has 0 spiro atoms. The molecule has 0 saturated heterocycles. The second-order valence-corrected chi connectivity index (χ2v) is 4.89. The summed E-state index contributed by atoms with van der Waals surface area (Å²) >= 11 is 6.01. The van der Waals surface area contributed by atoms with Gasteiger partial charge in [0.25, 0.3) is 0 Å². The number of ketones is 1. The summed E-state index contributed by atoms with van der Waals surface area (Å²) in [5, 5.41) is 1.64. The van der Waals surface area contributed by atoms with E-state index in [-0.39, 0.29) is 11.7 Å². The zero-order chi connectivity index (χ0) is 12.6. The van der Waals surface area contributed by atoms with Crippen LogP contribution in [0, 0.1) is 0 Å². The molecule has 0 saturated carbocycles. The Bertz CT molecular complexity index is 590. The van der Waals surface area contributed by atoms with Crippen LogP contribution in [-0.4, -0.2) is 10.8 Å². The first-order valence-electron chi connectivity index (χ1n) is 5.59. The Balaban J connectivity index is 2.87. The molecule has 0 bridgehead atoms. The van der Waals surface area contributed by atoms with E-state index in [1.165, 1.54) is 0 Å². The first-order chi connectivity index (χ1) is 8.00. The van der Waals surface area contributed by atoms with Gasteiger partial charge in [0.1, 0.15) is 0 Å². The van der Waals surface area contributed by atoms with Crippen LogP contribution in [0.1, 0.15) is 42.6 Å². The number of aromatic nitrogens is 1. The van der Waals surface area contributed by atoms with Crippen molar-refractivity contribution in [1.29, 1.82) is 0 Å². The highest BCUT2D eigenvalue weighted by Crippen LogP contribution is 2.29. The fraction of sp³-hybridized carbons (Fsp3) is 0.286. The highest BCUT2D eigenvalue weighted by Gasteiger charge is 2.15. The molecule has 0 amide bonds. The molecule has 0 aliphatic heterocycles. The van der Waals surface area contributed by atoms with Gasteiger partial charge in [-0.15, -0.1) is 0 Å². The third-order valence-corrected chi connectivity index (χ3v) is 3.06. The zero-order valence-corrected chi connectivity index (χ0v) is 10.9. The Morgan fingerprint density at radius 3 is 2.65 bits per heavy atom. The molecule has 0 N–H and O–H groups in total. The minimum Gasteiger partial charge on any atom is -0.294 e. The van der Waals surface area contributed by atoms with Gasteiger partial charge in [0.15, 0.2) is 5.78 Å². The molecule has 1 heterocycles. The van der Waals surface area contributed by atoms with Crippen molar-refractivity contribution < 1.29 is 4.79 Å². The number of hydrogen-bond acceptors (Lipinski definition) is 2. The normalized spacial score (nSPS) is 11.1. The molecule has 3 heteroatoms. The summed E-state index contributed by atoms with van der Waals surface area (Å²) in [6.45, 7) is 5.71. The van der Waals surface area contributed by atoms with Crippen LogP contribution in [0.25, 0.3) is 10.9 Å². The Hall–Kier alpha value is -1.41. The molecular formula is C14H14ClNO. The molecule has 17 heavy (non-hydrogen) atoms. The SMILES string of the molecule is CC(=O)c1cnc2ccc(Cl)cc2c1C(C)C. The number of nitrogens with zero attached hydrogens (tertiary/aromatic N) is 1. The summed E-state index contributed by atoms with van der Waals surface area (Å²) in [5.41, 5.74) is 2.60. The second kappa shape index (κ2) is 4.46. The minimum absolute atomic E-state index is 0.0445. The Labute approximate surface area is 106 Å². The first kappa shape index (κ1) is 12.1. The van der Waals surface area contributed by atoms with E-state index in [9.17, 15) is 4.79 Å². The lowest BCUT2D eigenvalue weighted by Gasteiger charge is -2.14. The van der Waals surface area contributed by atoms with Gasteiger partial charge in [-0.1, -0.05) is 25.4 Å². The lowest BCUT2D eigenvalue weighted by Crippen LogP contribution is -2.03. The summed E-state index contributed by atoms with van der Waals surface area (Å²) in [5.74, 6) is 0.306. The van der Waals surface area contributed by atoms with E-state index in [0.717, 1.165) is 16.5 Å². The lowest BCUT2D eigenvalue weighted by atomic mass is 9.92. The number of carbonyl (C=O) groups excluding carboxylic acids is 1. The third-order valence-electron chi connectivity index (χ3n) is 2.83. The Kier molecular flexibility index (Phi) is 3.16. The van der Waals surface area contributed by atoms with E-state index in [1.807, 2.05) is 18.2 Å². The average molecular weight is 248 g/mol. The summed E-state index contributed by atoms with van der Waals surface area (Å²) < 4.78 is 0. The van der Waals surface area contributed by atoms with Crippen LogP contribution < -0.4 is 0 Å². The summed E-state index contributed by atoms with van der Waals surface area (Å²) in [6.07, 6.45) is 1.66. The second-order valence-electron chi connectivity index (χ2n) is 4.46. The van der Waals surface area contributed by atoms with Crippen LogP contribution in [0.15, 0.2) is 24.4 Å². The standard InChI is InChI=1S/C14H14ClNO/c1-8(2)14-11-6-10(15)4-5-13(11)16-7-12(14)9(3)17/h4-8H,1-3H3. The summed E-state index contributed by atoms with van der Waals surface area (Å²) in [4.78, 5) is 15.9. The van der Waals surface area contributed by atoms with E-state index in [4.69, 9.17) is 11.6 Å². The number of hydrogen-bond donors (Lipinski definition) is 0. The zero-order valence-electron chi connectivity index (χ0n) is 10.1. The largest absolute Gasteiger partial charge is 0.294 e. The topological polar surface area (TPSA) is 30.0 Å². The molecule has 2 rings (SSSR count). The van der Waals surface area contributed by atoms with Gasteiger partial charge < -0.3 is 0 Å². The third kappa shape index (κ3) is 2.18. The van der Waals surface area contributed by atoms with Crippen molar-refractivity contribution in [3.63, 3.8) is 0 Å². The molecule has 2 nitrogen and oxygen atoms in total. The quantitative estimate of drug-likeness (QED) is 0.744. The van der Waals surface area contributed by atoms with Gasteiger partial charge in [-0.2, -0.15) is 0 Å². The van der Waals surface area contributed by atoms with Gasteiger partial charge >= 0.3 is 0 Å². The van der Waals surface area contributed by atoms with Gasteiger partial charge in [0.2, 0.25) is 0 Å². The highest BCUT2D eigenvalue weighted by atomic mass is 35.5. The van der Waals surface area contributed by atoms with Crippen molar-refractivity contribution >= 4 is 28.3 Å². The highest BCUT2D eigenvalue weighted by molar-refractivity contribution is 6.31. The summed E-state index contributed by atoms with van der Waals surface area (Å²) in [6, 6.07) is 5.58. The Morgan fingerprint density at radius 1 is 1.35 bits per heavy atom. The molecule has 0 unspecified atom stereocenters. The van der Waals surface area contributed by atoms with Gasteiger partial charge in [-0.25, -0.2) is 0 Å². The van der Waals surface area contributed by atoms with E-state index in [0.29, 0.717) is 10.6 Å². The minimum atomic E-state index is 0.0445. The molecule has 1 aromatic heterocycles. The number of fused-ring (bicyclic) bond motifs is 1. The number of benzene rings is 1. The smallest absolute Gasteiger partial charge is 0.161 e. The van der Waals surface area contributed by atoms with E-state index in [1.54, 1.807) is 13.1 Å². The molecule has 0 aliphatic rings. The fourth-order valence-electron chi connectivity index (χ4n) is 2.09. The molecule has 0 atom stereocenters. The Morgan fingerprint density at radius 2 is 2.06 bits per heavy atom. The van der Waals surface area contributed by atoms with Gasteiger partial charge in [0, 0.05) is 22.2 Å². The monoisotopic (exact) mass is 247 g/mol. The predicted octanol–water partition coefficient (Wildman–Crippen LogP) is 4.21. The molecule has 1 aromatic carbocycles. The van der Waals surface area contributed by atoms with Gasteiger partial charge in [-0.05, 0) is 36.6 Å². The van der Waals surface area contributed by atoms with Crippen molar-refractivity contribution in [2.75, 3.05) is 0 Å². The van der Waals surface area contributed by atoms with Crippen molar-refractivity contribution in [3.8, 4) is 0 Å². The van der Waals surface area contributed by atoms with Crippen LogP contribution in [0.5, 0.6) is 0 Å². The van der Waals surface area contributed by atoms with Crippen LogP contribution in [0.2, 0.25) is 5.02 Å². The summed E-state index contributed by atoms with van der Waals surface area (Å²) in [7, 11) is 0. The molecule has 2 aromatic rings. The van der Waals surface area contributed by atoms with Gasteiger partial charge in [0.05, 0.1) is 5.52 Å². The van der Waals surface area contributed by atoms with Crippen molar-refractivity contribution in [2.24, 2.45) is 0 Å². The van der Waals surface area contributed by atoms with Crippen LogP contribution in [-0.2, 0) is 0 Å². The molecule has 0 radical (unpaired) electrons. The fourth-order valence-corrected chi connectivity index (χ4v) is 2.26. The van der Waals surface area contributed by atoms with Gasteiger partial charge in [-0.3, -0.25) is 9.78 Å². The van der Waals surface area contributed by atoms with Crippen LogP contribution in [0.3, 0.4) is 0 Å². The van der Waals surface area contributed by atoms with Crippen molar-refractivity contribution in [3.05, 3.63) is 40.5 Å². The predicted molar refractivity (Wildman–Crippen MR) is 70.8 cm³/mol. The molecule has 0 aliphatic carbocycles. The average Bonchev–Trinajstić information content (AvgIpc) is 2.26. The number of rotatable bonds is 2. The number of pyridine rings is 1. The van der Waals surface area contributed by atoms with Crippen molar-refractivity contribution in [2.45, 2.75) is 26.7 Å². The van der Waals surface area contributed by atoms with E-state index < -0.39 is 0 Å². The maximum absolute atomic E-state index is 11.6. The van der Waals surface area contributed by atoms with E-state index in [2.05, 4.69) is 18.8 Å².